The van der Waals surface area contributed by atoms with Crippen molar-refractivity contribution in [3.63, 3.8) is 0 Å². The Morgan fingerprint density at radius 3 is 2.40 bits per heavy atom. The molecular formula is C23H24N2O5. The van der Waals surface area contributed by atoms with Gasteiger partial charge < -0.3 is 13.9 Å². The normalized spacial score (nSPS) is 17.4. The first-order valence-electron chi connectivity index (χ1n) is 10.2. The summed E-state index contributed by atoms with van der Waals surface area (Å²) in [5, 5.41) is 1.81. The highest BCUT2D eigenvalue weighted by Gasteiger charge is 2.40. The van der Waals surface area contributed by atoms with Gasteiger partial charge in [0.15, 0.2) is 0 Å². The first kappa shape index (κ1) is 19.1. The Hall–Kier alpha value is -2.90. The molecule has 3 aromatic rings. The number of amides is 2. The van der Waals surface area contributed by atoms with Gasteiger partial charge in [-0.3, -0.25) is 19.4 Å². The number of fused-ring (bicyclic) bond motifs is 4. The number of nitrogens with zero attached hydrogens (tertiary/aromatic N) is 2. The lowest BCUT2D eigenvalue weighted by Gasteiger charge is -2.28. The van der Waals surface area contributed by atoms with Crippen LogP contribution in [0.3, 0.4) is 0 Å². The summed E-state index contributed by atoms with van der Waals surface area (Å²) in [5.74, 6) is 0.253. The van der Waals surface area contributed by atoms with Gasteiger partial charge in [-0.2, -0.15) is 0 Å². The van der Waals surface area contributed by atoms with Gasteiger partial charge in [-0.1, -0.05) is 0 Å². The number of imide groups is 1. The Kier molecular flexibility index (Phi) is 4.52. The van der Waals surface area contributed by atoms with E-state index in [2.05, 4.69) is 4.90 Å². The zero-order chi connectivity index (χ0) is 21.0. The van der Waals surface area contributed by atoms with Crippen LogP contribution < -0.4 is 4.74 Å². The number of hydrogen-bond donors (Lipinski definition) is 0. The highest BCUT2D eigenvalue weighted by Crippen LogP contribution is 2.41. The molecule has 5 rings (SSSR count). The smallest absolute Gasteiger partial charge is 0.262 e. The minimum atomic E-state index is -0.233. The quantitative estimate of drug-likeness (QED) is 0.618. The average molecular weight is 408 g/mol. The molecular weight excluding hydrogens is 384 g/mol. The number of rotatable bonds is 4. The Balaban J connectivity index is 1.57. The number of furan rings is 1. The molecule has 2 aliphatic heterocycles. The number of methoxy groups -OCH3 is 1. The van der Waals surface area contributed by atoms with E-state index in [1.165, 1.54) is 4.90 Å². The van der Waals surface area contributed by atoms with Gasteiger partial charge in [0, 0.05) is 48.6 Å². The van der Waals surface area contributed by atoms with E-state index in [-0.39, 0.29) is 11.8 Å². The summed E-state index contributed by atoms with van der Waals surface area (Å²) in [7, 11) is 1.61. The summed E-state index contributed by atoms with van der Waals surface area (Å²) in [6.45, 7) is 7.82. The number of hydrogen-bond acceptors (Lipinski definition) is 6. The predicted octanol–water partition coefficient (Wildman–Crippen LogP) is 3.14. The molecule has 1 aromatic heterocycles. The minimum Gasteiger partial charge on any atom is -0.497 e. The van der Waals surface area contributed by atoms with Crippen LogP contribution >= 0.6 is 0 Å². The fourth-order valence-electron chi connectivity index (χ4n) is 4.62. The van der Waals surface area contributed by atoms with Crippen LogP contribution in [-0.2, 0) is 4.74 Å². The molecule has 0 spiro atoms. The minimum absolute atomic E-state index is 0.214. The van der Waals surface area contributed by atoms with Crippen molar-refractivity contribution in [2.45, 2.75) is 13.8 Å². The topological polar surface area (TPSA) is 72.2 Å². The largest absolute Gasteiger partial charge is 0.497 e. The van der Waals surface area contributed by atoms with Crippen molar-refractivity contribution in [1.82, 2.24) is 9.80 Å². The van der Waals surface area contributed by atoms with Gasteiger partial charge >= 0.3 is 0 Å². The average Bonchev–Trinajstić information content (AvgIpc) is 3.26. The first-order valence-corrected chi connectivity index (χ1v) is 10.2. The lowest BCUT2D eigenvalue weighted by molar-refractivity contribution is 0.0325. The SMILES string of the molecule is COc1ccc2c(c1)oc1c(C)c3c(c(C)c12)C(=O)N(CCN1CCOCC1)C3=O. The van der Waals surface area contributed by atoms with Crippen molar-refractivity contribution in [2.24, 2.45) is 0 Å². The van der Waals surface area contributed by atoms with E-state index in [0.717, 1.165) is 29.4 Å². The molecule has 0 saturated carbocycles. The molecule has 0 unspecified atom stereocenters. The molecule has 0 aliphatic carbocycles. The van der Waals surface area contributed by atoms with Crippen LogP contribution in [0.4, 0.5) is 0 Å². The van der Waals surface area contributed by atoms with Crippen LogP contribution in [0.1, 0.15) is 31.8 Å². The number of aryl methyl sites for hydroxylation is 2. The number of carbonyl (C=O) groups is 2. The molecule has 1 fully saturated rings. The van der Waals surface area contributed by atoms with Crippen molar-refractivity contribution in [2.75, 3.05) is 46.5 Å². The van der Waals surface area contributed by atoms with Crippen LogP contribution in [-0.4, -0.2) is 68.1 Å². The van der Waals surface area contributed by atoms with E-state index in [1.54, 1.807) is 7.11 Å². The summed E-state index contributed by atoms with van der Waals surface area (Å²) in [6.07, 6.45) is 0. The molecule has 3 heterocycles. The number of morpholine rings is 1. The maximum Gasteiger partial charge on any atom is 0.262 e. The summed E-state index contributed by atoms with van der Waals surface area (Å²) in [6, 6.07) is 5.65. The lowest BCUT2D eigenvalue weighted by Crippen LogP contribution is -2.43. The van der Waals surface area contributed by atoms with Crippen LogP contribution in [0.15, 0.2) is 22.6 Å². The molecule has 7 nitrogen and oxygen atoms in total. The lowest BCUT2D eigenvalue weighted by atomic mass is 9.94. The Morgan fingerprint density at radius 1 is 1.00 bits per heavy atom. The van der Waals surface area contributed by atoms with Crippen LogP contribution in [0.25, 0.3) is 21.9 Å². The summed E-state index contributed by atoms with van der Waals surface area (Å²) < 4.78 is 16.8. The monoisotopic (exact) mass is 408 g/mol. The van der Waals surface area contributed by atoms with Gasteiger partial charge in [0.25, 0.3) is 11.8 Å². The van der Waals surface area contributed by atoms with Crippen LogP contribution in [0.2, 0.25) is 0 Å². The maximum atomic E-state index is 13.3. The number of benzene rings is 2. The third kappa shape index (κ3) is 2.73. The van der Waals surface area contributed by atoms with Gasteiger partial charge in [0.1, 0.15) is 16.9 Å². The van der Waals surface area contributed by atoms with E-state index in [0.29, 0.717) is 59.9 Å². The second-order valence-electron chi connectivity index (χ2n) is 7.88. The zero-order valence-electron chi connectivity index (χ0n) is 17.4. The van der Waals surface area contributed by atoms with E-state index < -0.39 is 0 Å². The van der Waals surface area contributed by atoms with Gasteiger partial charge in [0.05, 0.1) is 31.5 Å². The van der Waals surface area contributed by atoms with Gasteiger partial charge in [-0.15, -0.1) is 0 Å². The molecule has 0 atom stereocenters. The van der Waals surface area contributed by atoms with E-state index in [1.807, 2.05) is 32.0 Å². The number of carbonyl (C=O) groups excluding carboxylic acids is 2. The highest BCUT2D eigenvalue weighted by molar-refractivity contribution is 6.26. The second kappa shape index (κ2) is 7.11. The molecule has 2 aromatic carbocycles. The fourth-order valence-corrected chi connectivity index (χ4v) is 4.62. The molecule has 1 saturated heterocycles. The molecule has 30 heavy (non-hydrogen) atoms. The summed E-state index contributed by atoms with van der Waals surface area (Å²) in [4.78, 5) is 30.1. The molecule has 0 N–H and O–H groups in total. The molecule has 0 bridgehead atoms. The fraction of sp³-hybridized carbons (Fsp3) is 0.391. The van der Waals surface area contributed by atoms with Crippen LogP contribution in [0.5, 0.6) is 5.75 Å². The third-order valence-corrected chi connectivity index (χ3v) is 6.27. The number of ether oxygens (including phenoxy) is 2. The van der Waals surface area contributed by atoms with E-state index >= 15 is 0 Å². The van der Waals surface area contributed by atoms with Crippen LogP contribution in [0, 0.1) is 13.8 Å². The van der Waals surface area contributed by atoms with Gasteiger partial charge in [0.2, 0.25) is 0 Å². The third-order valence-electron chi connectivity index (χ3n) is 6.27. The van der Waals surface area contributed by atoms with Crippen molar-refractivity contribution < 1.29 is 23.5 Å². The molecule has 0 radical (unpaired) electrons. The molecule has 2 aliphatic rings. The summed E-state index contributed by atoms with van der Waals surface area (Å²) in [5.41, 5.74) is 3.83. The first-order chi connectivity index (χ1) is 14.5. The highest BCUT2D eigenvalue weighted by atomic mass is 16.5. The molecule has 7 heteroatoms. The summed E-state index contributed by atoms with van der Waals surface area (Å²) >= 11 is 0. The van der Waals surface area contributed by atoms with Gasteiger partial charge in [-0.25, -0.2) is 0 Å². The predicted molar refractivity (Wildman–Crippen MR) is 112 cm³/mol. The van der Waals surface area contributed by atoms with Crippen molar-refractivity contribution >= 4 is 33.8 Å². The molecule has 2 amide bonds. The second-order valence-corrected chi connectivity index (χ2v) is 7.88. The van der Waals surface area contributed by atoms with E-state index in [4.69, 9.17) is 13.9 Å². The molecule has 156 valence electrons. The Bertz CT molecular complexity index is 1190. The van der Waals surface area contributed by atoms with Crippen molar-refractivity contribution in [3.8, 4) is 5.75 Å². The van der Waals surface area contributed by atoms with E-state index in [9.17, 15) is 9.59 Å². The maximum absolute atomic E-state index is 13.3. The van der Waals surface area contributed by atoms with Gasteiger partial charge in [-0.05, 0) is 31.5 Å². The van der Waals surface area contributed by atoms with Crippen molar-refractivity contribution in [1.29, 1.82) is 0 Å². The Labute approximate surface area is 174 Å². The van der Waals surface area contributed by atoms with Crippen molar-refractivity contribution in [3.05, 3.63) is 40.5 Å². The standard InChI is InChI=1S/C23H24N2O5/c1-13-18-16-5-4-15(28-3)12-17(16)30-21(18)14(2)20-19(13)22(26)25(23(20)27)7-6-24-8-10-29-11-9-24/h4-5,12H,6-11H2,1-3H3. The zero-order valence-corrected chi connectivity index (χ0v) is 17.4. The Morgan fingerprint density at radius 2 is 1.70 bits per heavy atom.